The molecule has 0 spiro atoms. The van der Waals surface area contributed by atoms with Crippen LogP contribution in [0.3, 0.4) is 0 Å². The number of carbonyl (C=O) groups is 2. The SMILES string of the molecule is CC1CCCN(C(=O)c2ccccc2NC(=O)c2ccccc2)C1. The van der Waals surface area contributed by atoms with Crippen molar-refractivity contribution in [2.24, 2.45) is 5.92 Å². The third-order valence-electron chi connectivity index (χ3n) is 4.39. The molecule has 2 aromatic carbocycles. The molecule has 3 rings (SSSR count). The Bertz CT molecular complexity index is 727. The van der Waals surface area contributed by atoms with Crippen molar-refractivity contribution in [3.63, 3.8) is 0 Å². The van der Waals surface area contributed by atoms with Gasteiger partial charge < -0.3 is 10.2 Å². The Balaban J connectivity index is 1.80. The largest absolute Gasteiger partial charge is 0.338 e. The first-order valence-corrected chi connectivity index (χ1v) is 8.40. The predicted octanol–water partition coefficient (Wildman–Crippen LogP) is 3.81. The number of hydrogen-bond acceptors (Lipinski definition) is 2. The molecule has 0 bridgehead atoms. The maximum atomic E-state index is 12.9. The summed E-state index contributed by atoms with van der Waals surface area (Å²) in [6.45, 7) is 3.73. The van der Waals surface area contributed by atoms with Crippen molar-refractivity contribution >= 4 is 17.5 Å². The van der Waals surface area contributed by atoms with Crippen LogP contribution in [0.15, 0.2) is 54.6 Å². The molecule has 0 aromatic heterocycles. The first-order chi connectivity index (χ1) is 11.6. The summed E-state index contributed by atoms with van der Waals surface area (Å²) in [5.74, 6) is 0.308. The van der Waals surface area contributed by atoms with Gasteiger partial charge in [0.25, 0.3) is 11.8 Å². The zero-order chi connectivity index (χ0) is 16.9. The van der Waals surface area contributed by atoms with Gasteiger partial charge in [-0.3, -0.25) is 9.59 Å². The molecule has 0 radical (unpaired) electrons. The molecule has 1 saturated heterocycles. The van der Waals surface area contributed by atoms with E-state index in [1.54, 1.807) is 24.3 Å². The van der Waals surface area contributed by atoms with E-state index in [9.17, 15) is 9.59 Å². The lowest BCUT2D eigenvalue weighted by atomic mass is 9.99. The topological polar surface area (TPSA) is 49.4 Å². The molecular formula is C20H22N2O2. The summed E-state index contributed by atoms with van der Waals surface area (Å²) in [6, 6.07) is 16.2. The molecule has 0 aliphatic carbocycles. The molecule has 24 heavy (non-hydrogen) atoms. The lowest BCUT2D eigenvalue weighted by molar-refractivity contribution is 0.0684. The quantitative estimate of drug-likeness (QED) is 0.934. The first kappa shape index (κ1) is 16.2. The standard InChI is InChI=1S/C20H22N2O2/c1-15-8-7-13-22(14-15)20(24)17-11-5-6-12-18(17)21-19(23)16-9-3-2-4-10-16/h2-6,9-12,15H,7-8,13-14H2,1H3,(H,21,23). The number of benzene rings is 2. The lowest BCUT2D eigenvalue weighted by Crippen LogP contribution is -2.39. The van der Waals surface area contributed by atoms with Crippen LogP contribution in [-0.4, -0.2) is 29.8 Å². The summed E-state index contributed by atoms with van der Waals surface area (Å²) in [7, 11) is 0. The van der Waals surface area contributed by atoms with Gasteiger partial charge >= 0.3 is 0 Å². The van der Waals surface area contributed by atoms with Crippen LogP contribution in [0.2, 0.25) is 0 Å². The number of nitrogens with zero attached hydrogens (tertiary/aromatic N) is 1. The molecule has 1 unspecified atom stereocenters. The highest BCUT2D eigenvalue weighted by atomic mass is 16.2. The fourth-order valence-corrected chi connectivity index (χ4v) is 3.11. The van der Waals surface area contributed by atoms with Gasteiger partial charge in [-0.05, 0) is 43.0 Å². The molecule has 1 fully saturated rings. The van der Waals surface area contributed by atoms with Crippen molar-refractivity contribution in [2.45, 2.75) is 19.8 Å². The molecule has 1 aliphatic rings. The molecule has 0 saturated carbocycles. The number of para-hydroxylation sites is 1. The third-order valence-corrected chi connectivity index (χ3v) is 4.39. The first-order valence-electron chi connectivity index (χ1n) is 8.40. The Kier molecular flexibility index (Phi) is 4.94. The number of nitrogens with one attached hydrogen (secondary N) is 1. The van der Waals surface area contributed by atoms with E-state index >= 15 is 0 Å². The van der Waals surface area contributed by atoms with Gasteiger partial charge in [-0.25, -0.2) is 0 Å². The van der Waals surface area contributed by atoms with Crippen molar-refractivity contribution in [1.82, 2.24) is 4.90 Å². The van der Waals surface area contributed by atoms with Gasteiger partial charge in [0.15, 0.2) is 0 Å². The highest BCUT2D eigenvalue weighted by Crippen LogP contribution is 2.22. The number of likely N-dealkylation sites (tertiary alicyclic amines) is 1. The van der Waals surface area contributed by atoms with Crippen LogP contribution in [0.5, 0.6) is 0 Å². The van der Waals surface area contributed by atoms with Crippen LogP contribution in [0.1, 0.15) is 40.5 Å². The Labute approximate surface area is 142 Å². The highest BCUT2D eigenvalue weighted by Gasteiger charge is 2.24. The van der Waals surface area contributed by atoms with Crippen LogP contribution in [-0.2, 0) is 0 Å². The molecule has 1 aliphatic heterocycles. The molecule has 2 amide bonds. The van der Waals surface area contributed by atoms with Gasteiger partial charge in [0.1, 0.15) is 0 Å². The Morgan fingerprint density at radius 2 is 1.75 bits per heavy atom. The van der Waals surface area contributed by atoms with Crippen LogP contribution in [0, 0.1) is 5.92 Å². The smallest absolute Gasteiger partial charge is 0.255 e. The molecule has 1 heterocycles. The minimum Gasteiger partial charge on any atom is -0.338 e. The van der Waals surface area contributed by atoms with Gasteiger partial charge in [0, 0.05) is 18.7 Å². The van der Waals surface area contributed by atoms with E-state index in [-0.39, 0.29) is 11.8 Å². The lowest BCUT2D eigenvalue weighted by Gasteiger charge is -2.31. The van der Waals surface area contributed by atoms with Gasteiger partial charge in [-0.15, -0.1) is 0 Å². The number of amides is 2. The second kappa shape index (κ2) is 7.30. The molecule has 124 valence electrons. The molecule has 4 nitrogen and oxygen atoms in total. The number of anilines is 1. The fourth-order valence-electron chi connectivity index (χ4n) is 3.11. The monoisotopic (exact) mass is 322 g/mol. The Hall–Kier alpha value is -2.62. The second-order valence-corrected chi connectivity index (χ2v) is 6.36. The van der Waals surface area contributed by atoms with Gasteiger partial charge in [-0.1, -0.05) is 37.3 Å². The average Bonchev–Trinajstić information content (AvgIpc) is 2.62. The van der Waals surface area contributed by atoms with Crippen molar-refractivity contribution < 1.29 is 9.59 Å². The Morgan fingerprint density at radius 1 is 1.04 bits per heavy atom. The summed E-state index contributed by atoms with van der Waals surface area (Å²) in [5.41, 5.74) is 1.69. The summed E-state index contributed by atoms with van der Waals surface area (Å²) >= 11 is 0. The minimum atomic E-state index is -0.206. The van der Waals surface area contributed by atoms with Crippen molar-refractivity contribution in [3.05, 3.63) is 65.7 Å². The minimum absolute atomic E-state index is 0.00879. The third kappa shape index (κ3) is 3.65. The summed E-state index contributed by atoms with van der Waals surface area (Å²) < 4.78 is 0. The average molecular weight is 322 g/mol. The summed E-state index contributed by atoms with van der Waals surface area (Å²) in [5, 5.41) is 2.87. The van der Waals surface area contributed by atoms with Gasteiger partial charge in [0.05, 0.1) is 11.3 Å². The highest BCUT2D eigenvalue weighted by molar-refractivity contribution is 6.09. The van der Waals surface area contributed by atoms with E-state index in [2.05, 4.69) is 12.2 Å². The predicted molar refractivity (Wildman–Crippen MR) is 95.1 cm³/mol. The molecule has 4 heteroatoms. The number of hydrogen-bond donors (Lipinski definition) is 1. The maximum Gasteiger partial charge on any atom is 0.255 e. The van der Waals surface area contributed by atoms with Gasteiger partial charge in [0.2, 0.25) is 0 Å². The van der Waals surface area contributed by atoms with Crippen LogP contribution in [0.4, 0.5) is 5.69 Å². The van der Waals surface area contributed by atoms with Crippen molar-refractivity contribution in [3.8, 4) is 0 Å². The summed E-state index contributed by atoms with van der Waals surface area (Å²) in [4.78, 5) is 27.1. The molecular weight excluding hydrogens is 300 g/mol. The van der Waals surface area contributed by atoms with Crippen LogP contribution < -0.4 is 5.32 Å². The van der Waals surface area contributed by atoms with Crippen LogP contribution >= 0.6 is 0 Å². The number of carbonyl (C=O) groups excluding carboxylic acids is 2. The van der Waals surface area contributed by atoms with E-state index in [0.29, 0.717) is 22.7 Å². The molecule has 1 atom stereocenters. The van der Waals surface area contributed by atoms with E-state index in [0.717, 1.165) is 25.9 Å². The zero-order valence-corrected chi connectivity index (χ0v) is 13.9. The normalized spacial score (nSPS) is 17.4. The Morgan fingerprint density at radius 3 is 2.50 bits per heavy atom. The second-order valence-electron chi connectivity index (χ2n) is 6.36. The van der Waals surface area contributed by atoms with E-state index in [4.69, 9.17) is 0 Å². The van der Waals surface area contributed by atoms with E-state index in [1.807, 2.05) is 35.2 Å². The van der Waals surface area contributed by atoms with Crippen molar-refractivity contribution in [2.75, 3.05) is 18.4 Å². The number of rotatable bonds is 3. The molecule has 1 N–H and O–H groups in total. The van der Waals surface area contributed by atoms with E-state index in [1.165, 1.54) is 0 Å². The van der Waals surface area contributed by atoms with Crippen molar-refractivity contribution in [1.29, 1.82) is 0 Å². The fraction of sp³-hybridized carbons (Fsp3) is 0.300. The van der Waals surface area contributed by atoms with Gasteiger partial charge in [-0.2, -0.15) is 0 Å². The van der Waals surface area contributed by atoms with E-state index < -0.39 is 0 Å². The number of piperidine rings is 1. The van der Waals surface area contributed by atoms with Crippen LogP contribution in [0.25, 0.3) is 0 Å². The molecule has 2 aromatic rings. The summed E-state index contributed by atoms with van der Waals surface area (Å²) in [6.07, 6.45) is 2.20. The maximum absolute atomic E-state index is 12.9. The zero-order valence-electron chi connectivity index (χ0n) is 13.9.